The second-order valence-electron chi connectivity index (χ2n) is 9.21. The molecule has 2 unspecified atom stereocenters. The summed E-state index contributed by atoms with van der Waals surface area (Å²) in [5, 5.41) is 11.0. The predicted octanol–water partition coefficient (Wildman–Crippen LogP) is 4.50. The number of fused-ring (bicyclic) bond motifs is 1. The summed E-state index contributed by atoms with van der Waals surface area (Å²) in [4.78, 5) is 15.3. The standard InChI is InChI=1S/C22H28BrNO2/c1-13-9-18(23)16-10-19-17-6-5-15(25)11-22(17,20(16)21(13)26)7-8-24(19)12-14-3-2-4-14/h9,14,17,19,26H,2-8,10-12H2,1H3/t17?,19?,22-/m1/s1. The van der Waals surface area contributed by atoms with Crippen molar-refractivity contribution in [3.8, 4) is 5.75 Å². The predicted molar refractivity (Wildman–Crippen MR) is 106 cm³/mol. The number of carbonyl (C=O) groups is 1. The molecule has 140 valence electrons. The second kappa shape index (κ2) is 6.07. The van der Waals surface area contributed by atoms with Crippen LogP contribution in [0.1, 0.15) is 61.6 Å². The number of hydrogen-bond donors (Lipinski definition) is 1. The maximum absolute atomic E-state index is 12.5. The smallest absolute Gasteiger partial charge is 0.133 e. The van der Waals surface area contributed by atoms with Gasteiger partial charge in [-0.3, -0.25) is 9.69 Å². The minimum absolute atomic E-state index is 0.137. The van der Waals surface area contributed by atoms with Crippen LogP contribution in [0.2, 0.25) is 0 Å². The number of aromatic hydroxyl groups is 1. The fourth-order valence-electron chi connectivity index (χ4n) is 6.42. The fraction of sp³-hybridized carbons (Fsp3) is 0.682. The van der Waals surface area contributed by atoms with Crippen molar-refractivity contribution in [3.63, 3.8) is 0 Å². The molecule has 1 heterocycles. The fourth-order valence-corrected chi connectivity index (χ4v) is 7.12. The zero-order valence-electron chi connectivity index (χ0n) is 15.6. The van der Waals surface area contributed by atoms with Crippen molar-refractivity contribution in [2.45, 2.75) is 69.7 Å². The Hall–Kier alpha value is -0.870. The van der Waals surface area contributed by atoms with E-state index in [4.69, 9.17) is 0 Å². The van der Waals surface area contributed by atoms with Gasteiger partial charge in [-0.05, 0) is 74.6 Å². The molecule has 26 heavy (non-hydrogen) atoms. The Bertz CT molecular complexity index is 772. The number of likely N-dealkylation sites (tertiary alicyclic amines) is 1. The number of rotatable bonds is 2. The molecule has 1 aliphatic heterocycles. The number of phenols is 1. The number of phenolic OH excluding ortho intramolecular Hbond substituents is 1. The minimum Gasteiger partial charge on any atom is -0.507 e. The molecule has 2 saturated carbocycles. The lowest BCUT2D eigenvalue weighted by Gasteiger charge is -2.59. The van der Waals surface area contributed by atoms with Crippen LogP contribution in [0, 0.1) is 18.8 Å². The molecule has 1 saturated heterocycles. The number of carbonyl (C=O) groups excluding carboxylic acids is 1. The lowest BCUT2D eigenvalue weighted by molar-refractivity contribution is -0.127. The van der Waals surface area contributed by atoms with Gasteiger partial charge in [-0.1, -0.05) is 22.4 Å². The highest BCUT2D eigenvalue weighted by Crippen LogP contribution is 2.58. The third kappa shape index (κ3) is 2.37. The van der Waals surface area contributed by atoms with E-state index in [0.717, 1.165) is 53.7 Å². The Kier molecular flexibility index (Phi) is 4.02. The molecular weight excluding hydrogens is 390 g/mol. The number of benzene rings is 1. The molecule has 4 heteroatoms. The maximum atomic E-state index is 12.5. The van der Waals surface area contributed by atoms with Crippen LogP contribution >= 0.6 is 15.9 Å². The van der Waals surface area contributed by atoms with E-state index in [1.54, 1.807) is 0 Å². The van der Waals surface area contributed by atoms with Crippen molar-refractivity contribution in [1.82, 2.24) is 4.90 Å². The monoisotopic (exact) mass is 417 g/mol. The Balaban J connectivity index is 1.63. The molecule has 0 radical (unpaired) electrons. The first-order valence-electron chi connectivity index (χ1n) is 10.3. The minimum atomic E-state index is -0.137. The van der Waals surface area contributed by atoms with Gasteiger partial charge in [0.1, 0.15) is 11.5 Å². The first-order valence-corrected chi connectivity index (χ1v) is 11.1. The molecule has 3 atom stereocenters. The molecule has 2 bridgehead atoms. The van der Waals surface area contributed by atoms with Crippen molar-refractivity contribution < 1.29 is 9.90 Å². The van der Waals surface area contributed by atoms with Gasteiger partial charge >= 0.3 is 0 Å². The van der Waals surface area contributed by atoms with E-state index in [9.17, 15) is 9.90 Å². The van der Waals surface area contributed by atoms with Crippen LogP contribution in [0.5, 0.6) is 5.75 Å². The molecule has 1 N–H and O–H groups in total. The summed E-state index contributed by atoms with van der Waals surface area (Å²) in [6.45, 7) is 4.29. The number of ketones is 1. The second-order valence-corrected chi connectivity index (χ2v) is 10.1. The zero-order valence-corrected chi connectivity index (χ0v) is 17.1. The lowest BCUT2D eigenvalue weighted by Crippen LogP contribution is -2.62. The molecule has 1 aromatic carbocycles. The number of aryl methyl sites for hydroxylation is 1. The van der Waals surface area contributed by atoms with Crippen LogP contribution in [0.15, 0.2) is 10.5 Å². The Morgan fingerprint density at radius 2 is 2.15 bits per heavy atom. The molecule has 3 nitrogen and oxygen atoms in total. The third-order valence-corrected chi connectivity index (χ3v) is 8.61. The summed E-state index contributed by atoms with van der Waals surface area (Å²) in [5.74, 6) is 2.23. The third-order valence-electron chi connectivity index (χ3n) is 7.91. The molecule has 0 spiro atoms. The molecular formula is C22H28BrNO2. The van der Waals surface area contributed by atoms with E-state index in [0.29, 0.717) is 29.9 Å². The number of halogens is 1. The van der Waals surface area contributed by atoms with Gasteiger partial charge in [0.25, 0.3) is 0 Å². The summed E-state index contributed by atoms with van der Waals surface area (Å²) >= 11 is 3.78. The SMILES string of the molecule is Cc1cc(Br)c2c(c1O)[C@@]13CCN(CC4CCC4)C(C2)C1CCC(=O)C3. The highest BCUT2D eigenvalue weighted by molar-refractivity contribution is 9.10. The average Bonchev–Trinajstić information content (AvgIpc) is 2.56. The first kappa shape index (κ1) is 17.2. The highest BCUT2D eigenvalue weighted by atomic mass is 79.9. The number of nitrogens with zero attached hydrogens (tertiary/aromatic N) is 1. The summed E-state index contributed by atoms with van der Waals surface area (Å²) in [6.07, 6.45) is 8.54. The molecule has 1 aromatic rings. The van der Waals surface area contributed by atoms with Gasteiger partial charge in [0.2, 0.25) is 0 Å². The average molecular weight is 418 g/mol. The van der Waals surface area contributed by atoms with Gasteiger partial charge in [0, 0.05) is 40.9 Å². The van der Waals surface area contributed by atoms with E-state index in [1.807, 2.05) is 6.92 Å². The van der Waals surface area contributed by atoms with Crippen LogP contribution in [0.25, 0.3) is 0 Å². The summed E-state index contributed by atoms with van der Waals surface area (Å²) in [6, 6.07) is 2.59. The molecule has 3 aliphatic carbocycles. The van der Waals surface area contributed by atoms with E-state index in [-0.39, 0.29) is 5.41 Å². The molecule has 3 fully saturated rings. The number of Topliss-reactive ketones (excluding diaryl/α,β-unsaturated/α-hetero) is 1. The number of piperidine rings is 1. The lowest BCUT2D eigenvalue weighted by atomic mass is 9.51. The quantitative estimate of drug-likeness (QED) is 0.769. The molecule has 0 aromatic heterocycles. The van der Waals surface area contributed by atoms with Gasteiger partial charge in [-0.2, -0.15) is 0 Å². The van der Waals surface area contributed by atoms with Gasteiger partial charge in [-0.25, -0.2) is 0 Å². The van der Waals surface area contributed by atoms with E-state index in [2.05, 4.69) is 26.9 Å². The molecule has 5 rings (SSSR count). The largest absolute Gasteiger partial charge is 0.507 e. The normalized spacial score (nSPS) is 34.2. The van der Waals surface area contributed by atoms with Gasteiger partial charge in [0.05, 0.1) is 0 Å². The van der Waals surface area contributed by atoms with Crippen LogP contribution < -0.4 is 0 Å². The number of hydrogen-bond acceptors (Lipinski definition) is 3. The van der Waals surface area contributed by atoms with Crippen molar-refractivity contribution in [2.24, 2.45) is 11.8 Å². The van der Waals surface area contributed by atoms with Crippen molar-refractivity contribution in [3.05, 3.63) is 27.2 Å². The van der Waals surface area contributed by atoms with Crippen LogP contribution in [0.3, 0.4) is 0 Å². The topological polar surface area (TPSA) is 40.5 Å². The van der Waals surface area contributed by atoms with Gasteiger partial charge in [-0.15, -0.1) is 0 Å². The molecule has 0 amide bonds. The summed E-state index contributed by atoms with van der Waals surface area (Å²) in [7, 11) is 0. The first-order chi connectivity index (χ1) is 12.5. The highest BCUT2D eigenvalue weighted by Gasteiger charge is 2.57. The Morgan fingerprint density at radius 1 is 1.35 bits per heavy atom. The van der Waals surface area contributed by atoms with Crippen molar-refractivity contribution >= 4 is 21.7 Å². The van der Waals surface area contributed by atoms with Crippen LogP contribution in [-0.4, -0.2) is 34.9 Å². The Labute approximate surface area is 164 Å². The summed E-state index contributed by atoms with van der Waals surface area (Å²) < 4.78 is 1.12. The maximum Gasteiger partial charge on any atom is 0.133 e. The van der Waals surface area contributed by atoms with Crippen LogP contribution in [-0.2, 0) is 16.6 Å². The van der Waals surface area contributed by atoms with E-state index in [1.165, 1.54) is 31.4 Å². The van der Waals surface area contributed by atoms with Crippen molar-refractivity contribution in [2.75, 3.05) is 13.1 Å². The van der Waals surface area contributed by atoms with Gasteiger partial charge < -0.3 is 5.11 Å². The van der Waals surface area contributed by atoms with Crippen molar-refractivity contribution in [1.29, 1.82) is 0 Å². The Morgan fingerprint density at radius 3 is 2.88 bits per heavy atom. The zero-order chi connectivity index (χ0) is 18.1. The molecule has 4 aliphatic rings. The van der Waals surface area contributed by atoms with Gasteiger partial charge in [0.15, 0.2) is 0 Å². The van der Waals surface area contributed by atoms with Crippen LogP contribution in [0.4, 0.5) is 0 Å². The van der Waals surface area contributed by atoms with E-state index < -0.39 is 0 Å². The van der Waals surface area contributed by atoms with E-state index >= 15 is 0 Å². The summed E-state index contributed by atoms with van der Waals surface area (Å²) in [5.41, 5.74) is 3.17.